The van der Waals surface area contributed by atoms with Gasteiger partial charge in [0.1, 0.15) is 21.9 Å². The molecule has 0 unspecified atom stereocenters. The van der Waals surface area contributed by atoms with Crippen molar-refractivity contribution < 1.29 is 28.2 Å². The molecule has 9 nitrogen and oxygen atoms in total. The van der Waals surface area contributed by atoms with Crippen molar-refractivity contribution in [2.24, 2.45) is 11.0 Å². The van der Waals surface area contributed by atoms with Crippen LogP contribution >= 0.6 is 23.1 Å². The van der Waals surface area contributed by atoms with Crippen molar-refractivity contribution >= 4 is 56.7 Å². The molecule has 2 aromatic heterocycles. The number of hydrogen-bond donors (Lipinski definition) is 1. The molecule has 0 saturated carbocycles. The molecule has 6 aromatic rings. The molecule has 1 N–H and O–H groups in total. The number of rotatable bonds is 19. The van der Waals surface area contributed by atoms with Gasteiger partial charge in [0.15, 0.2) is 0 Å². The van der Waals surface area contributed by atoms with E-state index in [9.17, 15) is 9.59 Å². The second kappa shape index (κ2) is 20.5. The van der Waals surface area contributed by atoms with Crippen LogP contribution in [0.4, 0.5) is 9.52 Å². The number of carbonyl (C=O) groups is 2. The molecule has 0 bridgehead atoms. The van der Waals surface area contributed by atoms with Crippen molar-refractivity contribution in [1.82, 2.24) is 9.97 Å². The predicted octanol–water partition coefficient (Wildman–Crippen LogP) is 10.6. The van der Waals surface area contributed by atoms with Crippen LogP contribution in [0.1, 0.15) is 60.7 Å². The number of halogens is 1. The van der Waals surface area contributed by atoms with Crippen LogP contribution in [0.25, 0.3) is 32.6 Å². The van der Waals surface area contributed by atoms with Crippen LogP contribution in [0.5, 0.6) is 5.75 Å². The summed E-state index contributed by atoms with van der Waals surface area (Å²) < 4.78 is 32.4. The Labute approximate surface area is 340 Å². The molecule has 0 spiro atoms. The van der Waals surface area contributed by atoms with Gasteiger partial charge < -0.3 is 14.2 Å². The van der Waals surface area contributed by atoms with Crippen molar-refractivity contribution in [3.63, 3.8) is 0 Å². The van der Waals surface area contributed by atoms with Crippen molar-refractivity contribution in [3.8, 4) is 28.0 Å². The average Bonchev–Trinajstić information content (AvgIpc) is 3.64. The lowest BCUT2D eigenvalue weighted by molar-refractivity contribution is -0.147. The Bertz CT molecular complexity index is 2260. The molecule has 0 saturated heterocycles. The number of nitrogens with one attached hydrogen (secondary N) is 1. The van der Waals surface area contributed by atoms with Gasteiger partial charge in [0.25, 0.3) is 0 Å². The maximum atomic E-state index is 15.8. The molecule has 57 heavy (non-hydrogen) atoms. The van der Waals surface area contributed by atoms with E-state index in [0.29, 0.717) is 64.8 Å². The Morgan fingerprint density at radius 2 is 1.67 bits per heavy atom. The number of ether oxygens (including phenoxy) is 3. The largest absolute Gasteiger partial charge is 0.493 e. The molecule has 0 aliphatic heterocycles. The van der Waals surface area contributed by atoms with Gasteiger partial charge in [-0.25, -0.2) is 19.2 Å². The fourth-order valence-electron chi connectivity index (χ4n) is 5.75. The summed E-state index contributed by atoms with van der Waals surface area (Å²) in [5.41, 5.74) is 9.49. The quantitative estimate of drug-likeness (QED) is 0.0370. The third kappa shape index (κ3) is 11.7. The molecule has 0 atom stereocenters. The van der Waals surface area contributed by atoms with Crippen LogP contribution in [0.2, 0.25) is 0 Å². The Kier molecular flexibility index (Phi) is 14.8. The number of fused-ring (bicyclic) bond motifs is 1. The lowest BCUT2D eigenvalue weighted by Gasteiger charge is -2.12. The number of esters is 2. The standard InChI is InChI=1S/C45H45FN4O5S2/c1-4-25-56-29-32-8-12-33(13-9-32)39-19-14-34(27-40(39)46)38-18-15-35(26-36(38)28-48-50-45-49-41-7-5-21-47-42(41)57-45)44(52)55-24-20-31-10-16-37(17-11-31)53-22-6-23-54-43(51)30(2)3/h5,7-19,21,26-28,30H,4,6,20,22-25,29H2,1-3H3,(H,49,50)/b48-28+. The normalized spacial score (nSPS) is 11.3. The summed E-state index contributed by atoms with van der Waals surface area (Å²) in [6.07, 6.45) is 5.54. The van der Waals surface area contributed by atoms with E-state index >= 15 is 4.39 Å². The minimum atomic E-state index is -0.488. The number of thiazole rings is 1. The monoisotopic (exact) mass is 804 g/mol. The van der Waals surface area contributed by atoms with Gasteiger partial charge in [-0.1, -0.05) is 86.7 Å². The van der Waals surface area contributed by atoms with E-state index in [2.05, 4.69) is 39.6 Å². The Morgan fingerprint density at radius 1 is 0.895 bits per heavy atom. The van der Waals surface area contributed by atoms with Crippen molar-refractivity contribution in [2.75, 3.05) is 31.0 Å². The van der Waals surface area contributed by atoms with Crippen LogP contribution < -0.4 is 10.2 Å². The molecule has 0 aliphatic rings. The zero-order valence-corrected chi connectivity index (χ0v) is 33.8. The van der Waals surface area contributed by atoms with E-state index in [4.69, 9.17) is 14.2 Å². The molecule has 0 amide bonds. The highest BCUT2D eigenvalue weighted by Gasteiger charge is 2.15. The molecule has 0 radical (unpaired) electrons. The van der Waals surface area contributed by atoms with Crippen molar-refractivity contribution in [1.29, 1.82) is 0 Å². The fraction of sp³-hybridized carbons (Fsp3) is 0.267. The van der Waals surface area contributed by atoms with Gasteiger partial charge in [-0.3, -0.25) is 10.2 Å². The first-order valence-corrected chi connectivity index (χ1v) is 20.9. The highest BCUT2D eigenvalue weighted by molar-refractivity contribution is 7.98. The van der Waals surface area contributed by atoms with Crippen molar-refractivity contribution in [2.45, 2.75) is 45.8 Å². The Morgan fingerprint density at radius 3 is 2.42 bits per heavy atom. The number of thioether (sulfide) groups is 1. The van der Waals surface area contributed by atoms with E-state index in [0.717, 1.165) is 39.4 Å². The fourth-order valence-corrected chi connectivity index (χ4v) is 7.37. The number of carbonyl (C=O) groups excluding carboxylic acids is 2. The first-order valence-electron chi connectivity index (χ1n) is 18.9. The van der Waals surface area contributed by atoms with Crippen LogP contribution in [0, 0.1) is 11.7 Å². The summed E-state index contributed by atoms with van der Waals surface area (Å²) in [6.45, 7) is 6.68. The van der Waals surface area contributed by atoms with Gasteiger partial charge in [0.05, 0.1) is 37.5 Å². The topological polar surface area (TPSA) is 112 Å². The minimum Gasteiger partial charge on any atom is -0.493 e. The first kappa shape index (κ1) is 41.1. The summed E-state index contributed by atoms with van der Waals surface area (Å²) in [5, 5.41) is 5.00. The van der Waals surface area contributed by atoms with E-state index in [1.807, 2.05) is 66.4 Å². The number of hydrogen-bond acceptors (Lipinski definition) is 11. The second-order valence-electron chi connectivity index (χ2n) is 13.5. The summed E-state index contributed by atoms with van der Waals surface area (Å²) in [6, 6.07) is 29.6. The highest BCUT2D eigenvalue weighted by atomic mass is 32.2. The second-order valence-corrected chi connectivity index (χ2v) is 15.6. The summed E-state index contributed by atoms with van der Waals surface area (Å²) in [5.74, 6) is 1.54. The number of aromatic nitrogens is 2. The zero-order valence-electron chi connectivity index (χ0n) is 32.2. The number of pyridine rings is 1. The number of anilines is 1. The van der Waals surface area contributed by atoms with Gasteiger partial charge in [-0.05, 0) is 82.5 Å². The predicted molar refractivity (Wildman–Crippen MR) is 229 cm³/mol. The van der Waals surface area contributed by atoms with Crippen molar-refractivity contribution in [3.05, 3.63) is 131 Å². The van der Waals surface area contributed by atoms with Crippen LogP contribution in [0.15, 0.2) is 108 Å². The maximum absolute atomic E-state index is 15.8. The van der Waals surface area contributed by atoms with Crippen LogP contribution in [-0.2, 0) is 26.4 Å². The summed E-state index contributed by atoms with van der Waals surface area (Å²) in [4.78, 5) is 34.5. The molecular weight excluding hydrogens is 760 g/mol. The lowest BCUT2D eigenvalue weighted by atomic mass is 9.95. The average molecular weight is 805 g/mol. The number of hydrazone groups is 1. The molecule has 4 aromatic carbocycles. The number of benzene rings is 4. The smallest absolute Gasteiger partial charge is 0.338 e. The molecular formula is C45H45FN4O5S2. The molecule has 12 heteroatoms. The lowest BCUT2D eigenvalue weighted by Crippen LogP contribution is -2.13. The molecule has 294 valence electrons. The molecule has 2 heterocycles. The molecule has 6 rings (SSSR count). The maximum Gasteiger partial charge on any atom is 0.338 e. The van der Waals surface area contributed by atoms with E-state index in [1.165, 1.54) is 23.0 Å². The van der Waals surface area contributed by atoms with Gasteiger partial charge in [0, 0.05) is 35.9 Å². The molecule has 0 fully saturated rings. The van der Waals surface area contributed by atoms with Gasteiger partial charge in [-0.15, -0.1) is 0 Å². The van der Waals surface area contributed by atoms with Crippen LogP contribution in [-0.4, -0.2) is 53.7 Å². The van der Waals surface area contributed by atoms with E-state index in [-0.39, 0.29) is 24.3 Å². The number of nitrogens with zero attached hydrogens (tertiary/aromatic N) is 3. The molecule has 0 aliphatic carbocycles. The highest BCUT2D eigenvalue weighted by Crippen LogP contribution is 2.31. The Balaban J connectivity index is 1.12. The SMILES string of the molecule is CCCSCc1ccc(-c2ccc(-c3ccc(C(=O)OCCc4ccc(OCCCOC(=O)C(C)C)cc4)cc3/C=N/Nc3nc4cccnc4s3)cc2F)cc1. The first-order chi connectivity index (χ1) is 27.8. The zero-order chi connectivity index (χ0) is 40.0. The van der Waals surface area contributed by atoms with Gasteiger partial charge >= 0.3 is 11.9 Å². The van der Waals surface area contributed by atoms with Gasteiger partial charge in [0.2, 0.25) is 5.13 Å². The summed E-state index contributed by atoms with van der Waals surface area (Å²) >= 11 is 3.26. The van der Waals surface area contributed by atoms with E-state index < -0.39 is 5.97 Å². The summed E-state index contributed by atoms with van der Waals surface area (Å²) in [7, 11) is 0. The Hall–Kier alpha value is -5.59. The third-order valence-corrected chi connectivity index (χ3v) is 10.9. The van der Waals surface area contributed by atoms with E-state index in [1.54, 1.807) is 50.5 Å². The van der Waals surface area contributed by atoms with Gasteiger partial charge in [-0.2, -0.15) is 16.9 Å². The third-order valence-electron chi connectivity index (χ3n) is 8.80. The van der Waals surface area contributed by atoms with Crippen LogP contribution in [0.3, 0.4) is 0 Å². The minimum absolute atomic E-state index is 0.151.